The molecular formula is C22H23N3O3. The lowest BCUT2D eigenvalue weighted by molar-refractivity contribution is -0.128. The highest BCUT2D eigenvalue weighted by Crippen LogP contribution is 2.22. The van der Waals surface area contributed by atoms with Gasteiger partial charge in [0, 0.05) is 25.1 Å². The summed E-state index contributed by atoms with van der Waals surface area (Å²) in [5.74, 6) is 0.613. The van der Waals surface area contributed by atoms with Gasteiger partial charge in [0.1, 0.15) is 5.76 Å². The number of benzene rings is 2. The first kappa shape index (κ1) is 18.2. The maximum Gasteiger partial charge on any atom is 0.225 e. The van der Waals surface area contributed by atoms with E-state index in [1.54, 1.807) is 6.92 Å². The number of carbonyl (C=O) groups is 2. The van der Waals surface area contributed by atoms with E-state index in [0.29, 0.717) is 25.3 Å². The smallest absolute Gasteiger partial charge is 0.225 e. The normalized spacial score (nSPS) is 16.7. The van der Waals surface area contributed by atoms with Crippen molar-refractivity contribution in [3.63, 3.8) is 0 Å². The van der Waals surface area contributed by atoms with Crippen molar-refractivity contribution in [2.45, 2.75) is 39.3 Å². The zero-order valence-corrected chi connectivity index (χ0v) is 16.1. The summed E-state index contributed by atoms with van der Waals surface area (Å²) in [6.07, 6.45) is 0.549. The lowest BCUT2D eigenvalue weighted by Gasteiger charge is -2.18. The molecular weight excluding hydrogens is 354 g/mol. The van der Waals surface area contributed by atoms with E-state index in [0.717, 1.165) is 27.6 Å². The fraction of sp³-hybridized carbons (Fsp3) is 0.318. The van der Waals surface area contributed by atoms with Crippen molar-refractivity contribution < 1.29 is 14.1 Å². The van der Waals surface area contributed by atoms with Gasteiger partial charge in [0.05, 0.1) is 18.2 Å². The average molecular weight is 377 g/mol. The van der Waals surface area contributed by atoms with Crippen LogP contribution in [0.1, 0.15) is 29.0 Å². The molecule has 4 rings (SSSR count). The first-order valence-electron chi connectivity index (χ1n) is 9.47. The first-order chi connectivity index (χ1) is 13.5. The lowest BCUT2D eigenvalue weighted by atomic mass is 10.0. The predicted octanol–water partition coefficient (Wildman–Crippen LogP) is 2.90. The Labute approximate surface area is 163 Å². The van der Waals surface area contributed by atoms with Gasteiger partial charge in [0.25, 0.3) is 0 Å². The minimum atomic E-state index is -0.171. The fourth-order valence-corrected chi connectivity index (χ4v) is 3.85. The lowest BCUT2D eigenvalue weighted by Crippen LogP contribution is -2.38. The number of hydrogen-bond acceptors (Lipinski definition) is 4. The van der Waals surface area contributed by atoms with Crippen LogP contribution in [0.15, 0.2) is 47.0 Å². The van der Waals surface area contributed by atoms with Gasteiger partial charge in [0.15, 0.2) is 0 Å². The highest BCUT2D eigenvalue weighted by molar-refractivity contribution is 5.87. The maximum atomic E-state index is 12.5. The van der Waals surface area contributed by atoms with Gasteiger partial charge in [0.2, 0.25) is 11.8 Å². The van der Waals surface area contributed by atoms with Crippen LogP contribution in [-0.4, -0.2) is 34.5 Å². The molecule has 0 unspecified atom stereocenters. The number of rotatable bonds is 5. The molecule has 0 spiro atoms. The zero-order chi connectivity index (χ0) is 19.7. The van der Waals surface area contributed by atoms with Crippen molar-refractivity contribution in [1.29, 1.82) is 0 Å². The zero-order valence-electron chi connectivity index (χ0n) is 16.1. The van der Waals surface area contributed by atoms with E-state index in [4.69, 9.17) is 4.52 Å². The van der Waals surface area contributed by atoms with Crippen molar-refractivity contribution in [3.05, 3.63) is 65.0 Å². The number of aryl methyl sites for hydroxylation is 2. The van der Waals surface area contributed by atoms with Crippen LogP contribution < -0.4 is 5.32 Å². The van der Waals surface area contributed by atoms with E-state index in [1.165, 1.54) is 0 Å². The monoisotopic (exact) mass is 377 g/mol. The number of likely N-dealkylation sites (tertiary alicyclic amines) is 1. The molecule has 3 aromatic rings. The molecule has 0 aliphatic carbocycles. The molecule has 6 nitrogen and oxygen atoms in total. The van der Waals surface area contributed by atoms with Gasteiger partial charge in [-0.3, -0.25) is 9.59 Å². The molecule has 1 aromatic heterocycles. The van der Waals surface area contributed by atoms with Crippen molar-refractivity contribution in [2.24, 2.45) is 0 Å². The Hall–Kier alpha value is -3.15. The minimum absolute atomic E-state index is 0.0653. The SMILES string of the molecule is Cc1noc(C)c1CC(=O)N[C@H]1CC(=O)N(Cc2cccc3ccccc23)C1. The Morgan fingerprint density at radius 2 is 2.00 bits per heavy atom. The average Bonchev–Trinajstić information content (AvgIpc) is 3.18. The number of aromatic nitrogens is 1. The van der Waals surface area contributed by atoms with Gasteiger partial charge < -0.3 is 14.7 Å². The predicted molar refractivity (Wildman–Crippen MR) is 106 cm³/mol. The van der Waals surface area contributed by atoms with Crippen LogP contribution in [0.3, 0.4) is 0 Å². The number of hydrogen-bond donors (Lipinski definition) is 1. The number of nitrogens with one attached hydrogen (secondary N) is 1. The summed E-state index contributed by atoms with van der Waals surface area (Å²) in [5, 5.41) is 9.18. The Morgan fingerprint density at radius 3 is 2.79 bits per heavy atom. The minimum Gasteiger partial charge on any atom is -0.361 e. The Kier molecular flexibility index (Phi) is 4.86. The van der Waals surface area contributed by atoms with E-state index in [9.17, 15) is 9.59 Å². The first-order valence-corrected chi connectivity index (χ1v) is 9.47. The molecule has 1 aliphatic rings. The molecule has 0 saturated carbocycles. The van der Waals surface area contributed by atoms with Crippen LogP contribution >= 0.6 is 0 Å². The Bertz CT molecular complexity index is 1020. The van der Waals surface area contributed by atoms with Crippen molar-refractivity contribution in [2.75, 3.05) is 6.54 Å². The molecule has 1 N–H and O–H groups in total. The van der Waals surface area contributed by atoms with Crippen molar-refractivity contribution in [3.8, 4) is 0 Å². The Morgan fingerprint density at radius 1 is 1.21 bits per heavy atom. The van der Waals surface area contributed by atoms with E-state index < -0.39 is 0 Å². The molecule has 0 radical (unpaired) electrons. The van der Waals surface area contributed by atoms with Gasteiger partial charge >= 0.3 is 0 Å². The van der Waals surface area contributed by atoms with Crippen molar-refractivity contribution >= 4 is 22.6 Å². The van der Waals surface area contributed by atoms with E-state index in [-0.39, 0.29) is 24.3 Å². The summed E-state index contributed by atoms with van der Waals surface area (Å²) in [6.45, 7) is 4.70. The molecule has 2 amide bonds. The molecule has 1 aliphatic heterocycles. The van der Waals surface area contributed by atoms with Gasteiger partial charge in [-0.15, -0.1) is 0 Å². The second-order valence-corrected chi connectivity index (χ2v) is 7.36. The second-order valence-electron chi connectivity index (χ2n) is 7.36. The molecule has 144 valence electrons. The highest BCUT2D eigenvalue weighted by atomic mass is 16.5. The van der Waals surface area contributed by atoms with E-state index >= 15 is 0 Å². The topological polar surface area (TPSA) is 75.4 Å². The number of carbonyl (C=O) groups excluding carboxylic acids is 2. The third-order valence-corrected chi connectivity index (χ3v) is 5.34. The fourth-order valence-electron chi connectivity index (χ4n) is 3.85. The third-order valence-electron chi connectivity index (χ3n) is 5.34. The van der Waals surface area contributed by atoms with Gasteiger partial charge in [-0.2, -0.15) is 0 Å². The molecule has 1 fully saturated rings. The molecule has 2 heterocycles. The van der Waals surface area contributed by atoms with Crippen LogP contribution in [0.5, 0.6) is 0 Å². The quantitative estimate of drug-likeness (QED) is 0.742. The number of amides is 2. The van der Waals surface area contributed by atoms with Crippen LogP contribution in [-0.2, 0) is 22.6 Å². The number of nitrogens with zero attached hydrogens (tertiary/aromatic N) is 2. The summed E-state index contributed by atoms with van der Waals surface area (Å²) >= 11 is 0. The van der Waals surface area contributed by atoms with Gasteiger partial charge in [-0.1, -0.05) is 47.6 Å². The molecule has 0 bridgehead atoms. The standard InChI is InChI=1S/C22H23N3O3/c1-14-20(15(2)28-24-14)11-21(26)23-18-10-22(27)25(13-18)12-17-8-5-7-16-6-3-4-9-19(16)17/h3-9,18H,10-13H2,1-2H3,(H,23,26)/t18-/m0/s1. The third kappa shape index (κ3) is 3.63. The van der Waals surface area contributed by atoms with E-state index in [2.05, 4.69) is 34.7 Å². The molecule has 1 saturated heterocycles. The molecule has 28 heavy (non-hydrogen) atoms. The Balaban J connectivity index is 1.40. The summed E-state index contributed by atoms with van der Waals surface area (Å²) in [4.78, 5) is 26.7. The summed E-state index contributed by atoms with van der Waals surface area (Å²) in [7, 11) is 0. The number of fused-ring (bicyclic) bond motifs is 1. The molecule has 1 atom stereocenters. The van der Waals surface area contributed by atoms with Crippen LogP contribution in [0.4, 0.5) is 0 Å². The molecule has 6 heteroatoms. The highest BCUT2D eigenvalue weighted by Gasteiger charge is 2.31. The summed E-state index contributed by atoms with van der Waals surface area (Å²) in [5.41, 5.74) is 2.66. The van der Waals surface area contributed by atoms with Crippen LogP contribution in [0, 0.1) is 13.8 Å². The van der Waals surface area contributed by atoms with Crippen LogP contribution in [0.25, 0.3) is 10.8 Å². The second kappa shape index (κ2) is 7.46. The van der Waals surface area contributed by atoms with Crippen molar-refractivity contribution in [1.82, 2.24) is 15.4 Å². The largest absolute Gasteiger partial charge is 0.361 e. The van der Waals surface area contributed by atoms with Gasteiger partial charge in [-0.05, 0) is 30.2 Å². The van der Waals surface area contributed by atoms with Crippen LogP contribution in [0.2, 0.25) is 0 Å². The summed E-state index contributed by atoms with van der Waals surface area (Å²) < 4.78 is 5.11. The van der Waals surface area contributed by atoms with E-state index in [1.807, 2.05) is 30.0 Å². The summed E-state index contributed by atoms with van der Waals surface area (Å²) in [6, 6.07) is 14.1. The van der Waals surface area contributed by atoms with Gasteiger partial charge in [-0.25, -0.2) is 0 Å². The molecule has 2 aromatic carbocycles. The maximum absolute atomic E-state index is 12.5.